The van der Waals surface area contributed by atoms with Gasteiger partial charge in [0.05, 0.1) is 0 Å². The van der Waals surface area contributed by atoms with Crippen molar-refractivity contribution in [3.8, 4) is 11.5 Å². The van der Waals surface area contributed by atoms with Crippen molar-refractivity contribution in [2.75, 3.05) is 0 Å². The molecule has 2 heteroatoms. The van der Waals surface area contributed by atoms with Gasteiger partial charge < -0.3 is 9.84 Å². The molecule has 1 N–H and O–H groups in total. The fourth-order valence-electron chi connectivity index (χ4n) is 1.46. The minimum atomic E-state index is -0.479. The lowest BCUT2D eigenvalue weighted by Gasteiger charge is -2.27. The molecule has 0 spiro atoms. The van der Waals surface area contributed by atoms with Crippen LogP contribution in [0.5, 0.6) is 11.5 Å². The van der Waals surface area contributed by atoms with Crippen molar-refractivity contribution in [2.45, 2.75) is 12.5 Å². The topological polar surface area (TPSA) is 29.5 Å². The average Bonchev–Trinajstić information content (AvgIpc) is 2.22. The van der Waals surface area contributed by atoms with Crippen LogP contribution in [0.2, 0.25) is 0 Å². The molecule has 77 valence electrons. The third-order valence-corrected chi connectivity index (χ3v) is 2.27. The van der Waals surface area contributed by atoms with E-state index in [4.69, 9.17) is 4.74 Å². The number of hydrogen-bond donors (Lipinski definition) is 1. The normalized spacial score (nSPS) is 24.1. The van der Waals surface area contributed by atoms with Crippen molar-refractivity contribution in [1.29, 1.82) is 0 Å². The molecule has 0 bridgehead atoms. The highest BCUT2D eigenvalue weighted by atomic mass is 16.5. The molecule has 1 aliphatic rings. The van der Waals surface area contributed by atoms with Gasteiger partial charge in [0, 0.05) is 6.42 Å². The van der Waals surface area contributed by atoms with E-state index in [1.165, 1.54) is 0 Å². The van der Waals surface area contributed by atoms with Crippen LogP contribution < -0.4 is 4.74 Å². The zero-order chi connectivity index (χ0) is 10.7. The summed E-state index contributed by atoms with van der Waals surface area (Å²) in [5, 5.41) is 9.57. The van der Waals surface area contributed by atoms with E-state index in [1.54, 1.807) is 18.2 Å². The van der Waals surface area contributed by atoms with Gasteiger partial charge in [-0.15, -0.1) is 0 Å². The Hall–Kier alpha value is -1.70. The van der Waals surface area contributed by atoms with Crippen LogP contribution in [0.3, 0.4) is 0 Å². The second-order valence-electron chi connectivity index (χ2n) is 3.66. The zero-order valence-electron chi connectivity index (χ0n) is 8.55. The van der Waals surface area contributed by atoms with Crippen LogP contribution >= 0.6 is 0 Å². The van der Waals surface area contributed by atoms with Gasteiger partial charge in [0.2, 0.25) is 0 Å². The van der Waals surface area contributed by atoms with Crippen molar-refractivity contribution >= 4 is 0 Å². The molecule has 0 heterocycles. The van der Waals surface area contributed by atoms with Gasteiger partial charge in [0.15, 0.2) is 11.5 Å². The van der Waals surface area contributed by atoms with E-state index in [2.05, 4.69) is 0 Å². The summed E-state index contributed by atoms with van der Waals surface area (Å²) >= 11 is 0. The van der Waals surface area contributed by atoms with Crippen LogP contribution in [-0.4, -0.2) is 10.7 Å². The highest BCUT2D eigenvalue weighted by Crippen LogP contribution is 2.31. The summed E-state index contributed by atoms with van der Waals surface area (Å²) in [6.07, 6.45) is 9.69. The number of phenols is 1. The summed E-state index contributed by atoms with van der Waals surface area (Å²) in [5.74, 6) is 0.659. The SMILES string of the molecule is CC1(Oc2ccccc2O)[CH]C=CC=C1. The van der Waals surface area contributed by atoms with Crippen molar-refractivity contribution in [1.82, 2.24) is 0 Å². The predicted molar refractivity (Wildman–Crippen MR) is 59.7 cm³/mol. The monoisotopic (exact) mass is 201 g/mol. The minimum Gasteiger partial charge on any atom is -0.504 e. The molecule has 0 saturated carbocycles. The molecular weight excluding hydrogens is 188 g/mol. The molecule has 1 aromatic rings. The second kappa shape index (κ2) is 3.81. The highest BCUT2D eigenvalue weighted by Gasteiger charge is 2.24. The van der Waals surface area contributed by atoms with E-state index in [-0.39, 0.29) is 5.75 Å². The standard InChI is InChI=1S/C13H13O2/c1-13(9-5-2-6-10-13)15-12-8-4-3-7-11(12)14/h2-10,14H,1H3. The number of rotatable bonds is 2. The molecular formula is C13H13O2. The Morgan fingerprint density at radius 3 is 2.60 bits per heavy atom. The van der Waals surface area contributed by atoms with Crippen molar-refractivity contribution < 1.29 is 9.84 Å². The van der Waals surface area contributed by atoms with Crippen LogP contribution in [0.25, 0.3) is 0 Å². The first-order chi connectivity index (χ1) is 7.20. The van der Waals surface area contributed by atoms with Gasteiger partial charge in [-0.25, -0.2) is 0 Å². The Bertz CT molecular complexity index is 407. The highest BCUT2D eigenvalue weighted by molar-refractivity contribution is 5.40. The lowest BCUT2D eigenvalue weighted by Crippen LogP contribution is -2.30. The van der Waals surface area contributed by atoms with Crippen LogP contribution in [0.1, 0.15) is 6.92 Å². The number of para-hydroxylation sites is 2. The first kappa shape index (κ1) is 9.84. The molecule has 1 aliphatic carbocycles. The summed E-state index contributed by atoms with van der Waals surface area (Å²) < 4.78 is 5.73. The second-order valence-corrected chi connectivity index (χ2v) is 3.66. The number of aromatic hydroxyl groups is 1. The fourth-order valence-corrected chi connectivity index (χ4v) is 1.46. The number of allylic oxidation sites excluding steroid dienone is 2. The van der Waals surface area contributed by atoms with E-state index in [0.29, 0.717) is 5.75 Å². The first-order valence-electron chi connectivity index (χ1n) is 4.87. The maximum Gasteiger partial charge on any atom is 0.162 e. The summed E-state index contributed by atoms with van der Waals surface area (Å²) in [4.78, 5) is 0. The van der Waals surface area contributed by atoms with Gasteiger partial charge in [-0.1, -0.05) is 30.4 Å². The van der Waals surface area contributed by atoms with Gasteiger partial charge in [-0.05, 0) is 25.1 Å². The molecule has 0 aromatic heterocycles. The molecule has 1 radical (unpaired) electrons. The average molecular weight is 201 g/mol. The molecule has 1 unspecified atom stereocenters. The van der Waals surface area contributed by atoms with E-state index in [9.17, 15) is 5.11 Å². The molecule has 1 aromatic carbocycles. The minimum absolute atomic E-state index is 0.162. The van der Waals surface area contributed by atoms with Crippen LogP contribution in [0.4, 0.5) is 0 Å². The Balaban J connectivity index is 2.18. The van der Waals surface area contributed by atoms with E-state index in [1.807, 2.05) is 43.7 Å². The maximum atomic E-state index is 9.57. The van der Waals surface area contributed by atoms with Gasteiger partial charge in [0.25, 0.3) is 0 Å². The molecule has 0 aliphatic heterocycles. The summed E-state index contributed by atoms with van der Waals surface area (Å²) in [7, 11) is 0. The summed E-state index contributed by atoms with van der Waals surface area (Å²) in [6.45, 7) is 1.94. The molecule has 1 atom stereocenters. The van der Waals surface area contributed by atoms with Gasteiger partial charge in [-0.2, -0.15) is 0 Å². The van der Waals surface area contributed by atoms with Crippen LogP contribution in [0.15, 0.2) is 48.6 Å². The smallest absolute Gasteiger partial charge is 0.162 e. The Labute approximate surface area is 89.5 Å². The summed E-state index contributed by atoms with van der Waals surface area (Å²) in [6, 6.07) is 6.97. The van der Waals surface area contributed by atoms with Crippen LogP contribution in [0, 0.1) is 6.42 Å². The number of benzene rings is 1. The van der Waals surface area contributed by atoms with E-state index in [0.717, 1.165) is 0 Å². The third-order valence-electron chi connectivity index (χ3n) is 2.27. The lowest BCUT2D eigenvalue weighted by atomic mass is 9.97. The Morgan fingerprint density at radius 1 is 1.13 bits per heavy atom. The lowest BCUT2D eigenvalue weighted by molar-refractivity contribution is 0.172. The van der Waals surface area contributed by atoms with E-state index < -0.39 is 5.60 Å². The first-order valence-corrected chi connectivity index (χ1v) is 4.87. The molecule has 0 amide bonds. The molecule has 2 rings (SSSR count). The Kier molecular flexibility index (Phi) is 2.50. The van der Waals surface area contributed by atoms with Gasteiger partial charge in [0.1, 0.15) is 5.60 Å². The molecule has 15 heavy (non-hydrogen) atoms. The Morgan fingerprint density at radius 2 is 1.93 bits per heavy atom. The third kappa shape index (κ3) is 2.21. The molecule has 2 nitrogen and oxygen atoms in total. The number of ether oxygens (including phenoxy) is 1. The van der Waals surface area contributed by atoms with Gasteiger partial charge in [-0.3, -0.25) is 0 Å². The number of hydrogen-bond acceptors (Lipinski definition) is 2. The fraction of sp³-hybridized carbons (Fsp3) is 0.154. The quantitative estimate of drug-likeness (QED) is 0.797. The summed E-state index contributed by atoms with van der Waals surface area (Å²) in [5.41, 5.74) is -0.479. The van der Waals surface area contributed by atoms with Crippen molar-refractivity contribution in [3.05, 3.63) is 55.0 Å². The molecule has 0 saturated heterocycles. The van der Waals surface area contributed by atoms with Crippen LogP contribution in [-0.2, 0) is 0 Å². The zero-order valence-corrected chi connectivity index (χ0v) is 8.55. The predicted octanol–water partition coefficient (Wildman–Crippen LogP) is 2.86. The van der Waals surface area contributed by atoms with Gasteiger partial charge >= 0.3 is 0 Å². The molecule has 0 fully saturated rings. The number of phenolic OH excluding ortho intramolecular Hbond substituents is 1. The largest absolute Gasteiger partial charge is 0.504 e. The van der Waals surface area contributed by atoms with Crippen molar-refractivity contribution in [2.24, 2.45) is 0 Å². The maximum absolute atomic E-state index is 9.57. The van der Waals surface area contributed by atoms with E-state index >= 15 is 0 Å². The van der Waals surface area contributed by atoms with Crippen molar-refractivity contribution in [3.63, 3.8) is 0 Å².